The van der Waals surface area contributed by atoms with E-state index in [2.05, 4.69) is 0 Å². The number of aryl methyl sites for hydroxylation is 1. The van der Waals surface area contributed by atoms with Crippen molar-refractivity contribution in [3.05, 3.63) is 64.2 Å². The maximum Gasteiger partial charge on any atom is 0.270 e. The monoisotopic (exact) mass is 299 g/mol. The van der Waals surface area contributed by atoms with E-state index in [1.807, 2.05) is 30.3 Å². The van der Waals surface area contributed by atoms with Gasteiger partial charge >= 0.3 is 0 Å². The number of ketones is 1. The first kappa shape index (κ1) is 15.9. The summed E-state index contributed by atoms with van der Waals surface area (Å²) >= 11 is 0. The second-order valence-electron chi connectivity index (χ2n) is 5.15. The summed E-state index contributed by atoms with van der Waals surface area (Å²) in [4.78, 5) is 21.8. The van der Waals surface area contributed by atoms with Crippen LogP contribution in [-0.4, -0.2) is 21.9 Å². The third-order valence-corrected chi connectivity index (χ3v) is 3.47. The van der Waals surface area contributed by atoms with Gasteiger partial charge in [-0.25, -0.2) is 0 Å². The van der Waals surface area contributed by atoms with E-state index in [-0.39, 0.29) is 11.5 Å². The standard InChI is InChI=1S/C17H17NO4/c1-12(19)17(20)10-7-13-5-8-14(9-6-13)15-3-2-4-16(11-15)18(21)22/h2-6,8-9,11-12,19H,7,10H2,1H3. The molecule has 0 aliphatic rings. The van der Waals surface area contributed by atoms with Gasteiger partial charge in [0.25, 0.3) is 5.69 Å². The molecule has 0 aliphatic carbocycles. The number of hydrogen-bond donors (Lipinski definition) is 1. The van der Waals surface area contributed by atoms with Crippen molar-refractivity contribution in [2.24, 2.45) is 0 Å². The maximum absolute atomic E-state index is 11.4. The number of non-ortho nitro benzene ring substituents is 1. The van der Waals surface area contributed by atoms with Crippen molar-refractivity contribution in [1.82, 2.24) is 0 Å². The summed E-state index contributed by atoms with van der Waals surface area (Å²) in [5, 5.41) is 20.0. The average molecular weight is 299 g/mol. The first-order valence-corrected chi connectivity index (χ1v) is 7.02. The summed E-state index contributed by atoms with van der Waals surface area (Å²) in [6.07, 6.45) is -0.0589. The fourth-order valence-electron chi connectivity index (χ4n) is 2.14. The van der Waals surface area contributed by atoms with Gasteiger partial charge in [0, 0.05) is 18.6 Å². The number of carbonyl (C=O) groups excluding carboxylic acids is 1. The molecule has 0 heterocycles. The van der Waals surface area contributed by atoms with E-state index in [0.717, 1.165) is 16.7 Å². The van der Waals surface area contributed by atoms with Crippen LogP contribution < -0.4 is 0 Å². The lowest BCUT2D eigenvalue weighted by Gasteiger charge is -2.06. The quantitative estimate of drug-likeness (QED) is 0.656. The van der Waals surface area contributed by atoms with Crippen molar-refractivity contribution in [2.75, 3.05) is 0 Å². The Bertz CT molecular complexity index is 677. The maximum atomic E-state index is 11.4. The molecule has 2 aromatic carbocycles. The molecule has 0 bridgehead atoms. The summed E-state index contributed by atoms with van der Waals surface area (Å²) in [6.45, 7) is 1.47. The van der Waals surface area contributed by atoms with Gasteiger partial charge in [-0.05, 0) is 30.0 Å². The Hall–Kier alpha value is -2.53. The topological polar surface area (TPSA) is 80.4 Å². The number of rotatable bonds is 6. The molecular formula is C17H17NO4. The first-order chi connectivity index (χ1) is 10.5. The van der Waals surface area contributed by atoms with Crippen molar-refractivity contribution < 1.29 is 14.8 Å². The van der Waals surface area contributed by atoms with Crippen LogP contribution in [0, 0.1) is 10.1 Å². The number of aliphatic hydroxyl groups excluding tert-OH is 1. The van der Waals surface area contributed by atoms with Crippen LogP contribution in [0.5, 0.6) is 0 Å². The van der Waals surface area contributed by atoms with E-state index in [1.54, 1.807) is 6.07 Å². The van der Waals surface area contributed by atoms with Crippen LogP contribution >= 0.6 is 0 Å². The highest BCUT2D eigenvalue weighted by Crippen LogP contribution is 2.24. The van der Waals surface area contributed by atoms with E-state index in [0.29, 0.717) is 12.8 Å². The lowest BCUT2D eigenvalue weighted by Crippen LogP contribution is -2.16. The molecule has 22 heavy (non-hydrogen) atoms. The van der Waals surface area contributed by atoms with Gasteiger partial charge in [0.05, 0.1) is 4.92 Å². The lowest BCUT2D eigenvalue weighted by molar-refractivity contribution is -0.384. The highest BCUT2D eigenvalue weighted by molar-refractivity contribution is 5.82. The van der Waals surface area contributed by atoms with Crippen LogP contribution in [0.25, 0.3) is 11.1 Å². The van der Waals surface area contributed by atoms with Crippen molar-refractivity contribution in [3.63, 3.8) is 0 Å². The molecule has 0 saturated carbocycles. The van der Waals surface area contributed by atoms with E-state index in [9.17, 15) is 14.9 Å². The van der Waals surface area contributed by atoms with Crippen molar-refractivity contribution in [1.29, 1.82) is 0 Å². The zero-order valence-corrected chi connectivity index (χ0v) is 12.2. The number of hydrogen-bond acceptors (Lipinski definition) is 4. The number of nitro groups is 1. The molecule has 1 unspecified atom stereocenters. The largest absolute Gasteiger partial charge is 0.386 e. The van der Waals surface area contributed by atoms with E-state index in [1.165, 1.54) is 19.1 Å². The third-order valence-electron chi connectivity index (χ3n) is 3.47. The number of carbonyl (C=O) groups is 1. The highest BCUT2D eigenvalue weighted by Gasteiger charge is 2.09. The number of benzene rings is 2. The van der Waals surface area contributed by atoms with Crippen molar-refractivity contribution in [2.45, 2.75) is 25.9 Å². The van der Waals surface area contributed by atoms with Crippen LogP contribution in [0.4, 0.5) is 5.69 Å². The van der Waals surface area contributed by atoms with Gasteiger partial charge < -0.3 is 5.11 Å². The van der Waals surface area contributed by atoms with Gasteiger partial charge in [0.15, 0.2) is 5.78 Å². The third kappa shape index (κ3) is 3.99. The fraction of sp³-hybridized carbons (Fsp3) is 0.235. The van der Waals surface area contributed by atoms with Gasteiger partial charge in [-0.2, -0.15) is 0 Å². The predicted octanol–water partition coefficient (Wildman–Crippen LogP) is 3.14. The van der Waals surface area contributed by atoms with E-state index >= 15 is 0 Å². The molecule has 0 fully saturated rings. The summed E-state index contributed by atoms with van der Waals surface area (Å²) in [6, 6.07) is 14.0. The highest BCUT2D eigenvalue weighted by atomic mass is 16.6. The molecule has 0 radical (unpaired) electrons. The minimum absolute atomic E-state index is 0.0594. The second-order valence-corrected chi connectivity index (χ2v) is 5.15. The minimum Gasteiger partial charge on any atom is -0.386 e. The van der Waals surface area contributed by atoms with Crippen LogP contribution in [0.15, 0.2) is 48.5 Å². The van der Waals surface area contributed by atoms with Crippen LogP contribution in [0.1, 0.15) is 18.9 Å². The molecule has 1 atom stereocenters. The predicted molar refractivity (Wildman–Crippen MR) is 83.5 cm³/mol. The lowest BCUT2D eigenvalue weighted by atomic mass is 10.0. The molecule has 2 aromatic rings. The molecule has 0 saturated heterocycles. The average Bonchev–Trinajstić information content (AvgIpc) is 2.53. The summed E-state index contributed by atoms with van der Waals surface area (Å²) < 4.78 is 0. The van der Waals surface area contributed by atoms with Crippen LogP contribution in [0.2, 0.25) is 0 Å². The molecule has 114 valence electrons. The number of aliphatic hydroxyl groups is 1. The molecule has 5 nitrogen and oxygen atoms in total. The van der Waals surface area contributed by atoms with Gasteiger partial charge in [-0.3, -0.25) is 14.9 Å². The minimum atomic E-state index is -0.927. The van der Waals surface area contributed by atoms with Gasteiger partial charge in [0.1, 0.15) is 6.10 Å². The SMILES string of the molecule is CC(O)C(=O)CCc1ccc(-c2cccc([N+](=O)[O-])c2)cc1. The number of nitro benzene ring substituents is 1. The van der Waals surface area contributed by atoms with Gasteiger partial charge in [-0.15, -0.1) is 0 Å². The second kappa shape index (κ2) is 6.95. The molecular weight excluding hydrogens is 282 g/mol. The van der Waals surface area contributed by atoms with E-state index in [4.69, 9.17) is 5.11 Å². The Morgan fingerprint density at radius 2 is 1.86 bits per heavy atom. The van der Waals surface area contributed by atoms with Crippen LogP contribution in [0.3, 0.4) is 0 Å². The molecule has 0 spiro atoms. The Labute approximate surface area is 128 Å². The van der Waals surface area contributed by atoms with E-state index < -0.39 is 11.0 Å². The molecule has 5 heteroatoms. The summed E-state index contributed by atoms with van der Waals surface area (Å²) in [5.41, 5.74) is 2.71. The first-order valence-electron chi connectivity index (χ1n) is 7.02. The normalized spacial score (nSPS) is 11.9. The number of nitrogens with zero attached hydrogens (tertiary/aromatic N) is 1. The molecule has 2 rings (SSSR count). The van der Waals surface area contributed by atoms with Crippen molar-refractivity contribution >= 4 is 11.5 Å². The summed E-state index contributed by atoms with van der Waals surface area (Å²) in [7, 11) is 0. The Balaban J connectivity index is 2.10. The molecule has 0 amide bonds. The Morgan fingerprint density at radius 1 is 1.18 bits per heavy atom. The zero-order valence-electron chi connectivity index (χ0n) is 12.2. The fourth-order valence-corrected chi connectivity index (χ4v) is 2.14. The Kier molecular flexibility index (Phi) is 5.01. The number of Topliss-reactive ketones (excluding diaryl/α,β-unsaturated/α-hetero) is 1. The molecule has 0 aromatic heterocycles. The van der Waals surface area contributed by atoms with Gasteiger partial charge in [-0.1, -0.05) is 36.4 Å². The zero-order chi connectivity index (χ0) is 16.1. The molecule has 0 aliphatic heterocycles. The van der Waals surface area contributed by atoms with Crippen LogP contribution in [-0.2, 0) is 11.2 Å². The van der Waals surface area contributed by atoms with Crippen molar-refractivity contribution in [3.8, 4) is 11.1 Å². The Morgan fingerprint density at radius 3 is 2.45 bits per heavy atom. The molecule has 1 N–H and O–H groups in total. The summed E-state index contributed by atoms with van der Waals surface area (Å²) in [5.74, 6) is -0.178. The van der Waals surface area contributed by atoms with Gasteiger partial charge in [0.2, 0.25) is 0 Å². The smallest absolute Gasteiger partial charge is 0.270 e.